The topological polar surface area (TPSA) is 67.2 Å². The summed E-state index contributed by atoms with van der Waals surface area (Å²) in [5, 5.41) is 7.40. The third kappa shape index (κ3) is 3.76. The molecule has 1 aromatic rings. The van der Waals surface area contributed by atoms with Crippen LogP contribution in [0.1, 0.15) is 12.8 Å². The van der Waals surface area contributed by atoms with Crippen molar-refractivity contribution in [3.63, 3.8) is 0 Å². The first-order valence-electron chi connectivity index (χ1n) is 9.05. The lowest BCUT2D eigenvalue weighted by Crippen LogP contribution is -2.38. The number of amides is 1. The summed E-state index contributed by atoms with van der Waals surface area (Å²) in [5.74, 6) is 4.65. The molecule has 25 heavy (non-hydrogen) atoms. The fourth-order valence-corrected chi connectivity index (χ4v) is 4.98. The summed E-state index contributed by atoms with van der Waals surface area (Å²) in [5.41, 5.74) is -0.229. The minimum atomic E-state index is -0.229. The summed E-state index contributed by atoms with van der Waals surface area (Å²) in [4.78, 5) is 26.5. The Morgan fingerprint density at radius 3 is 2.80 bits per heavy atom. The Hall–Kier alpha value is -1.76. The van der Waals surface area contributed by atoms with Gasteiger partial charge in [0.05, 0.1) is 0 Å². The summed E-state index contributed by atoms with van der Waals surface area (Å²) < 4.78 is 1.28. The predicted octanol–water partition coefficient (Wildman–Crippen LogP) is 1.12. The van der Waals surface area contributed by atoms with Gasteiger partial charge in [-0.3, -0.25) is 9.59 Å². The highest BCUT2D eigenvalue weighted by atomic mass is 32.2. The molecule has 1 amide bonds. The number of rotatable bonds is 5. The van der Waals surface area contributed by atoms with Crippen LogP contribution in [0.5, 0.6) is 0 Å². The van der Waals surface area contributed by atoms with Crippen LogP contribution in [0, 0.1) is 17.8 Å². The number of aromatic nitrogens is 2. The van der Waals surface area contributed by atoms with Crippen LogP contribution in [0.2, 0.25) is 0 Å². The van der Waals surface area contributed by atoms with Crippen LogP contribution < -0.4 is 15.8 Å². The fourth-order valence-electron chi connectivity index (χ4n) is 4.08. The van der Waals surface area contributed by atoms with Crippen molar-refractivity contribution < 1.29 is 4.79 Å². The Kier molecular flexibility index (Phi) is 4.83. The van der Waals surface area contributed by atoms with Crippen molar-refractivity contribution in [2.75, 3.05) is 36.0 Å². The number of hydrogen-bond acceptors (Lipinski definition) is 5. The zero-order valence-electron chi connectivity index (χ0n) is 14.3. The standard InChI is InChI=1S/C18H24N4O2S/c23-17(19-11-15-10-13-1-2-14(15)9-13)12-22-18(24)4-3-16(20-22)21-5-7-25-8-6-21/h1-4,13-15H,5-12H2,(H,19,23). The second-order valence-corrected chi connectivity index (χ2v) is 8.36. The average Bonchev–Trinajstić information content (AvgIpc) is 3.26. The predicted molar refractivity (Wildman–Crippen MR) is 99.9 cm³/mol. The fraction of sp³-hybridized carbons (Fsp3) is 0.611. The highest BCUT2D eigenvalue weighted by molar-refractivity contribution is 7.99. The van der Waals surface area contributed by atoms with Crippen LogP contribution in [0.4, 0.5) is 5.82 Å². The first-order valence-corrected chi connectivity index (χ1v) is 10.2. The Morgan fingerprint density at radius 1 is 1.24 bits per heavy atom. The van der Waals surface area contributed by atoms with E-state index < -0.39 is 0 Å². The Labute approximate surface area is 151 Å². The van der Waals surface area contributed by atoms with Gasteiger partial charge in [-0.15, -0.1) is 0 Å². The molecule has 2 fully saturated rings. The van der Waals surface area contributed by atoms with E-state index in [1.54, 1.807) is 6.07 Å². The molecule has 2 aliphatic carbocycles. The van der Waals surface area contributed by atoms with Crippen molar-refractivity contribution in [3.05, 3.63) is 34.6 Å². The molecule has 2 bridgehead atoms. The molecular formula is C18H24N4O2S. The number of thioether (sulfide) groups is 1. The van der Waals surface area contributed by atoms with Gasteiger partial charge in [0.2, 0.25) is 5.91 Å². The minimum absolute atomic E-state index is 0.00802. The van der Waals surface area contributed by atoms with Crippen molar-refractivity contribution in [3.8, 4) is 0 Å². The van der Waals surface area contributed by atoms with Gasteiger partial charge in [-0.2, -0.15) is 16.9 Å². The number of nitrogens with zero attached hydrogens (tertiary/aromatic N) is 3. The van der Waals surface area contributed by atoms with Crippen LogP contribution in [0.3, 0.4) is 0 Å². The maximum Gasteiger partial charge on any atom is 0.267 e. The molecule has 1 saturated carbocycles. The molecular weight excluding hydrogens is 336 g/mol. The van der Waals surface area contributed by atoms with Gasteiger partial charge >= 0.3 is 0 Å². The number of carbonyl (C=O) groups excluding carboxylic acids is 1. The summed E-state index contributed by atoms with van der Waals surface area (Å²) in [6.07, 6.45) is 6.99. The highest BCUT2D eigenvalue weighted by Crippen LogP contribution is 2.42. The SMILES string of the molecule is O=C(Cn1nc(N2CCSCC2)ccc1=O)NCC1CC2C=CC1C2. The zero-order chi connectivity index (χ0) is 17.2. The average molecular weight is 360 g/mol. The lowest BCUT2D eigenvalue weighted by atomic mass is 9.94. The second kappa shape index (κ2) is 7.23. The monoisotopic (exact) mass is 360 g/mol. The van der Waals surface area contributed by atoms with Gasteiger partial charge in [-0.1, -0.05) is 12.2 Å². The van der Waals surface area contributed by atoms with Crippen LogP contribution in [0.25, 0.3) is 0 Å². The van der Waals surface area contributed by atoms with Crippen LogP contribution >= 0.6 is 11.8 Å². The van der Waals surface area contributed by atoms with E-state index in [4.69, 9.17) is 0 Å². The molecule has 2 heterocycles. The molecule has 1 saturated heterocycles. The highest BCUT2D eigenvalue weighted by Gasteiger charge is 2.35. The van der Waals surface area contributed by atoms with E-state index in [1.807, 2.05) is 11.8 Å². The number of carbonyl (C=O) groups is 1. The number of nitrogens with one attached hydrogen (secondary N) is 1. The van der Waals surface area contributed by atoms with Gasteiger partial charge in [0.1, 0.15) is 12.4 Å². The molecule has 3 atom stereocenters. The van der Waals surface area contributed by atoms with Gasteiger partial charge < -0.3 is 10.2 Å². The van der Waals surface area contributed by atoms with Crippen molar-refractivity contribution in [1.29, 1.82) is 0 Å². The molecule has 4 rings (SSSR count). The molecule has 0 radical (unpaired) electrons. The van der Waals surface area contributed by atoms with Gasteiger partial charge in [0, 0.05) is 37.2 Å². The van der Waals surface area contributed by atoms with Gasteiger partial charge in [-0.25, -0.2) is 4.68 Å². The van der Waals surface area contributed by atoms with E-state index in [0.717, 1.165) is 30.4 Å². The maximum absolute atomic E-state index is 12.3. The smallest absolute Gasteiger partial charge is 0.267 e. The Balaban J connectivity index is 1.35. The zero-order valence-corrected chi connectivity index (χ0v) is 15.1. The molecule has 0 spiro atoms. The van der Waals surface area contributed by atoms with E-state index in [0.29, 0.717) is 24.3 Å². The summed E-state index contributed by atoms with van der Waals surface area (Å²) >= 11 is 1.93. The molecule has 1 aromatic heterocycles. The quantitative estimate of drug-likeness (QED) is 0.797. The third-order valence-electron chi connectivity index (χ3n) is 5.46. The molecule has 134 valence electrons. The van der Waals surface area contributed by atoms with Gasteiger partial charge in [0.15, 0.2) is 0 Å². The minimum Gasteiger partial charge on any atom is -0.354 e. The van der Waals surface area contributed by atoms with Crippen LogP contribution in [0.15, 0.2) is 29.1 Å². The number of fused-ring (bicyclic) bond motifs is 2. The van der Waals surface area contributed by atoms with E-state index in [1.165, 1.54) is 23.6 Å². The summed E-state index contributed by atoms with van der Waals surface area (Å²) in [6, 6.07) is 3.27. The first-order chi connectivity index (χ1) is 12.2. The molecule has 1 N–H and O–H groups in total. The molecule has 0 aromatic carbocycles. The third-order valence-corrected chi connectivity index (χ3v) is 6.40. The van der Waals surface area contributed by atoms with Crippen LogP contribution in [-0.2, 0) is 11.3 Å². The van der Waals surface area contributed by atoms with Crippen molar-refractivity contribution in [2.45, 2.75) is 19.4 Å². The van der Waals surface area contributed by atoms with E-state index in [-0.39, 0.29) is 18.0 Å². The van der Waals surface area contributed by atoms with Crippen molar-refractivity contribution in [1.82, 2.24) is 15.1 Å². The van der Waals surface area contributed by atoms with Gasteiger partial charge in [-0.05, 0) is 36.7 Å². The normalized spacial score (nSPS) is 27.7. The number of anilines is 1. The molecule has 3 aliphatic rings. The first kappa shape index (κ1) is 16.7. The summed E-state index contributed by atoms with van der Waals surface area (Å²) in [6.45, 7) is 2.55. The van der Waals surface area contributed by atoms with E-state index in [9.17, 15) is 9.59 Å². The lowest BCUT2D eigenvalue weighted by Gasteiger charge is -2.27. The maximum atomic E-state index is 12.3. The van der Waals surface area contributed by atoms with E-state index >= 15 is 0 Å². The molecule has 7 heteroatoms. The Bertz CT molecular complexity index is 726. The summed E-state index contributed by atoms with van der Waals surface area (Å²) in [7, 11) is 0. The lowest BCUT2D eigenvalue weighted by molar-refractivity contribution is -0.122. The molecule has 6 nitrogen and oxygen atoms in total. The molecule has 3 unspecified atom stereocenters. The van der Waals surface area contributed by atoms with Crippen LogP contribution in [-0.4, -0.2) is 46.8 Å². The second-order valence-electron chi connectivity index (χ2n) is 7.13. The molecule has 1 aliphatic heterocycles. The van der Waals surface area contributed by atoms with Crippen molar-refractivity contribution in [2.24, 2.45) is 17.8 Å². The van der Waals surface area contributed by atoms with E-state index in [2.05, 4.69) is 27.5 Å². The van der Waals surface area contributed by atoms with Crippen molar-refractivity contribution >= 4 is 23.5 Å². The largest absolute Gasteiger partial charge is 0.354 e. The number of hydrogen-bond donors (Lipinski definition) is 1. The number of allylic oxidation sites excluding steroid dienone is 2. The Morgan fingerprint density at radius 2 is 2.08 bits per heavy atom. The van der Waals surface area contributed by atoms with Gasteiger partial charge in [0.25, 0.3) is 5.56 Å².